The standard InChI is InChI=1S/C44H83N2O6P/c1-6-8-10-12-14-16-18-20-21-22-23-24-25-26-28-30-32-34-36-38-44(48)45-42(41-52-53(49,50)51-40-39-46(3,4)5)43(47)37-35-33-31-29-27-19-17-15-13-11-9-7-2/h14,16,20-21,27,29,35,37,42-43,47H,6-13,15,17-19,22-26,28,30-34,36,38-41H2,1-5H3,(H-,45,48,49,50)/p+1/b16-14-,21-20-,29-27+,37-35+. The second-order valence-electron chi connectivity index (χ2n) is 15.7. The molecule has 9 heteroatoms. The molecular formula is C44H84N2O6P+. The van der Waals surface area contributed by atoms with Gasteiger partial charge in [-0.2, -0.15) is 0 Å². The highest BCUT2D eigenvalue weighted by Gasteiger charge is 2.27. The molecule has 0 bridgehead atoms. The van der Waals surface area contributed by atoms with Crippen molar-refractivity contribution in [2.24, 2.45) is 0 Å². The highest BCUT2D eigenvalue weighted by Crippen LogP contribution is 2.43. The molecule has 310 valence electrons. The van der Waals surface area contributed by atoms with Crippen LogP contribution in [0.4, 0.5) is 0 Å². The van der Waals surface area contributed by atoms with Crippen molar-refractivity contribution in [3.63, 3.8) is 0 Å². The van der Waals surface area contributed by atoms with Crippen molar-refractivity contribution >= 4 is 13.7 Å². The SMILES string of the molecule is CCCCC/C=C\C/C=C\CCCCCCCCCCCC(=O)NC(COP(=O)(O)OCC[N+](C)(C)C)C(O)/C=C/CC/C=C/CCCCCCCC. The van der Waals surface area contributed by atoms with E-state index >= 15 is 0 Å². The summed E-state index contributed by atoms with van der Waals surface area (Å²) in [6.07, 6.45) is 44.6. The number of likely N-dealkylation sites (N-methyl/N-ethyl adjacent to an activating group) is 1. The van der Waals surface area contributed by atoms with Gasteiger partial charge in [-0.1, -0.05) is 152 Å². The number of aliphatic hydroxyl groups is 1. The quantitative estimate of drug-likeness (QED) is 0.0250. The lowest BCUT2D eigenvalue weighted by Gasteiger charge is -2.25. The van der Waals surface area contributed by atoms with Gasteiger partial charge in [-0.25, -0.2) is 4.57 Å². The fourth-order valence-corrected chi connectivity index (χ4v) is 6.53. The van der Waals surface area contributed by atoms with E-state index in [4.69, 9.17) is 9.05 Å². The maximum absolute atomic E-state index is 12.8. The third-order valence-electron chi connectivity index (χ3n) is 9.27. The van der Waals surface area contributed by atoms with Crippen molar-refractivity contribution in [3.8, 4) is 0 Å². The van der Waals surface area contributed by atoms with E-state index in [2.05, 4.69) is 55.6 Å². The Morgan fingerprint density at radius 1 is 0.642 bits per heavy atom. The molecule has 1 amide bonds. The van der Waals surface area contributed by atoms with E-state index in [1.54, 1.807) is 6.08 Å². The molecule has 0 aromatic heterocycles. The zero-order valence-corrected chi connectivity index (χ0v) is 35.9. The van der Waals surface area contributed by atoms with Crippen molar-refractivity contribution in [1.29, 1.82) is 0 Å². The van der Waals surface area contributed by atoms with Crippen molar-refractivity contribution in [2.45, 2.75) is 187 Å². The second-order valence-corrected chi connectivity index (χ2v) is 17.2. The fraction of sp³-hybridized carbons (Fsp3) is 0.795. The second kappa shape index (κ2) is 36.1. The average molecular weight is 768 g/mol. The number of phosphoric ester groups is 1. The zero-order chi connectivity index (χ0) is 39.3. The lowest BCUT2D eigenvalue weighted by atomic mass is 10.1. The Morgan fingerprint density at radius 3 is 1.66 bits per heavy atom. The van der Waals surface area contributed by atoms with Crippen LogP contribution in [-0.2, 0) is 18.4 Å². The van der Waals surface area contributed by atoms with Crippen molar-refractivity contribution in [2.75, 3.05) is 40.9 Å². The normalized spacial score (nSPS) is 14.9. The predicted molar refractivity (Wildman–Crippen MR) is 226 cm³/mol. The largest absolute Gasteiger partial charge is 0.472 e. The molecule has 0 saturated heterocycles. The summed E-state index contributed by atoms with van der Waals surface area (Å²) in [5.41, 5.74) is 0. The van der Waals surface area contributed by atoms with Crippen LogP contribution < -0.4 is 5.32 Å². The van der Waals surface area contributed by atoms with Crippen LogP contribution in [0.5, 0.6) is 0 Å². The number of hydrogen-bond donors (Lipinski definition) is 3. The van der Waals surface area contributed by atoms with Crippen LogP contribution in [0.25, 0.3) is 0 Å². The summed E-state index contributed by atoms with van der Waals surface area (Å²) in [6.45, 7) is 4.73. The molecule has 0 radical (unpaired) electrons. The lowest BCUT2D eigenvalue weighted by Crippen LogP contribution is -2.45. The van der Waals surface area contributed by atoms with Gasteiger partial charge in [0.2, 0.25) is 5.91 Å². The number of aliphatic hydroxyl groups excluding tert-OH is 1. The minimum absolute atomic E-state index is 0.0539. The van der Waals surface area contributed by atoms with Gasteiger partial charge in [0.1, 0.15) is 13.2 Å². The summed E-state index contributed by atoms with van der Waals surface area (Å²) in [5, 5.41) is 13.8. The van der Waals surface area contributed by atoms with E-state index in [-0.39, 0.29) is 19.1 Å². The van der Waals surface area contributed by atoms with E-state index in [9.17, 15) is 19.4 Å². The number of quaternary nitrogens is 1. The molecule has 8 nitrogen and oxygen atoms in total. The zero-order valence-electron chi connectivity index (χ0n) is 35.0. The van der Waals surface area contributed by atoms with Gasteiger partial charge in [-0.05, 0) is 64.2 Å². The molecule has 0 aromatic carbocycles. The maximum atomic E-state index is 12.8. The van der Waals surface area contributed by atoms with Crippen LogP contribution in [0, 0.1) is 0 Å². The molecule has 3 N–H and O–H groups in total. The van der Waals surface area contributed by atoms with Crippen LogP contribution in [0.1, 0.15) is 174 Å². The lowest BCUT2D eigenvalue weighted by molar-refractivity contribution is -0.870. The number of rotatable bonds is 38. The van der Waals surface area contributed by atoms with Gasteiger partial charge in [-0.3, -0.25) is 13.8 Å². The Balaban J connectivity index is 4.44. The minimum Gasteiger partial charge on any atom is -0.387 e. The molecule has 0 aliphatic carbocycles. The molecular weight excluding hydrogens is 683 g/mol. The van der Waals surface area contributed by atoms with Gasteiger partial charge < -0.3 is 19.8 Å². The minimum atomic E-state index is -4.34. The topological polar surface area (TPSA) is 105 Å². The Labute approximate surface area is 327 Å². The van der Waals surface area contributed by atoms with E-state index in [0.717, 1.165) is 44.9 Å². The molecule has 3 atom stereocenters. The smallest absolute Gasteiger partial charge is 0.387 e. The number of phosphoric acid groups is 1. The number of hydrogen-bond acceptors (Lipinski definition) is 5. The van der Waals surface area contributed by atoms with E-state index < -0.39 is 20.0 Å². The third kappa shape index (κ3) is 38.5. The summed E-state index contributed by atoms with van der Waals surface area (Å²) in [6, 6.07) is -0.864. The van der Waals surface area contributed by atoms with Gasteiger partial charge in [0.05, 0.1) is 39.9 Å². The Hall–Kier alpha value is -1.54. The summed E-state index contributed by atoms with van der Waals surface area (Å²) < 4.78 is 23.5. The molecule has 0 saturated carbocycles. The molecule has 0 aromatic rings. The molecule has 0 fully saturated rings. The van der Waals surface area contributed by atoms with Crippen molar-refractivity contribution < 1.29 is 32.9 Å². The van der Waals surface area contributed by atoms with Crippen molar-refractivity contribution in [1.82, 2.24) is 5.32 Å². The van der Waals surface area contributed by atoms with Gasteiger partial charge >= 0.3 is 7.82 Å². The van der Waals surface area contributed by atoms with Gasteiger partial charge in [0, 0.05) is 6.42 Å². The van der Waals surface area contributed by atoms with Crippen LogP contribution >= 0.6 is 7.82 Å². The molecule has 0 spiro atoms. The molecule has 3 unspecified atom stereocenters. The Bertz CT molecular complexity index is 1010. The Kier molecular flexibility index (Phi) is 35.1. The molecule has 0 aliphatic heterocycles. The van der Waals surface area contributed by atoms with Crippen LogP contribution in [0.15, 0.2) is 48.6 Å². The Morgan fingerprint density at radius 2 is 1.09 bits per heavy atom. The first-order valence-corrected chi connectivity index (χ1v) is 23.0. The summed E-state index contributed by atoms with van der Waals surface area (Å²) in [5.74, 6) is -0.195. The van der Waals surface area contributed by atoms with Crippen LogP contribution in [0.3, 0.4) is 0 Å². The maximum Gasteiger partial charge on any atom is 0.472 e. The summed E-state index contributed by atoms with van der Waals surface area (Å²) in [7, 11) is 1.54. The number of nitrogens with one attached hydrogen (secondary N) is 1. The highest BCUT2D eigenvalue weighted by atomic mass is 31.2. The molecule has 0 heterocycles. The first-order chi connectivity index (χ1) is 25.5. The number of carbonyl (C=O) groups excluding carboxylic acids is 1. The fourth-order valence-electron chi connectivity index (χ4n) is 5.79. The van der Waals surface area contributed by atoms with Gasteiger partial charge in [0.25, 0.3) is 0 Å². The van der Waals surface area contributed by atoms with Crippen LogP contribution in [0.2, 0.25) is 0 Å². The van der Waals surface area contributed by atoms with E-state index in [1.165, 1.54) is 109 Å². The first kappa shape index (κ1) is 51.5. The van der Waals surface area contributed by atoms with E-state index in [0.29, 0.717) is 17.4 Å². The number of allylic oxidation sites excluding steroid dienone is 7. The van der Waals surface area contributed by atoms with E-state index in [1.807, 2.05) is 27.2 Å². The monoisotopic (exact) mass is 768 g/mol. The van der Waals surface area contributed by atoms with Gasteiger partial charge in [-0.15, -0.1) is 0 Å². The third-order valence-corrected chi connectivity index (χ3v) is 10.3. The molecule has 0 rings (SSSR count). The summed E-state index contributed by atoms with van der Waals surface area (Å²) in [4.78, 5) is 23.1. The average Bonchev–Trinajstić information content (AvgIpc) is 3.10. The van der Waals surface area contributed by atoms with Gasteiger partial charge in [0.15, 0.2) is 0 Å². The number of amides is 1. The first-order valence-electron chi connectivity index (χ1n) is 21.5. The highest BCUT2D eigenvalue weighted by molar-refractivity contribution is 7.47. The van der Waals surface area contributed by atoms with Crippen molar-refractivity contribution in [3.05, 3.63) is 48.6 Å². The number of unbranched alkanes of at least 4 members (excludes halogenated alkanes) is 19. The predicted octanol–water partition coefficient (Wildman–Crippen LogP) is 11.7. The number of carbonyl (C=O) groups is 1. The summed E-state index contributed by atoms with van der Waals surface area (Å²) >= 11 is 0. The number of nitrogens with zero attached hydrogens (tertiary/aromatic N) is 1. The molecule has 53 heavy (non-hydrogen) atoms. The van der Waals surface area contributed by atoms with Crippen LogP contribution in [-0.4, -0.2) is 73.4 Å². The molecule has 0 aliphatic rings.